The van der Waals surface area contributed by atoms with Crippen molar-refractivity contribution in [2.24, 2.45) is 0 Å². The Morgan fingerprint density at radius 2 is 1.81 bits per heavy atom. The van der Waals surface area contributed by atoms with E-state index in [4.69, 9.17) is 9.47 Å². The molecule has 0 N–H and O–H groups in total. The molecule has 1 aliphatic rings. The third-order valence-electron chi connectivity index (χ3n) is 3.45. The van der Waals surface area contributed by atoms with Gasteiger partial charge < -0.3 is 9.47 Å². The van der Waals surface area contributed by atoms with E-state index in [-0.39, 0.29) is 0 Å². The lowest BCUT2D eigenvalue weighted by molar-refractivity contribution is 0.199. The zero-order valence-electron chi connectivity index (χ0n) is 10.4. The van der Waals surface area contributed by atoms with Crippen molar-refractivity contribution in [2.45, 2.75) is 45.6 Å². The summed E-state index contributed by atoms with van der Waals surface area (Å²) in [5.41, 5.74) is 2.46. The van der Waals surface area contributed by atoms with Crippen molar-refractivity contribution >= 4 is 0 Å². The highest BCUT2D eigenvalue weighted by Gasteiger charge is 2.20. The molecule has 0 saturated heterocycles. The van der Waals surface area contributed by atoms with Gasteiger partial charge in [-0.15, -0.1) is 0 Å². The Kier molecular flexibility index (Phi) is 3.37. The van der Waals surface area contributed by atoms with Crippen molar-refractivity contribution in [3.05, 3.63) is 23.3 Å². The summed E-state index contributed by atoms with van der Waals surface area (Å²) in [6.07, 6.45) is 5.32. The highest BCUT2D eigenvalue weighted by atomic mass is 16.5. The molecule has 0 bridgehead atoms. The van der Waals surface area contributed by atoms with Gasteiger partial charge in [-0.2, -0.15) is 0 Å². The van der Waals surface area contributed by atoms with Gasteiger partial charge in [-0.1, -0.05) is 6.07 Å². The molecule has 1 aromatic carbocycles. The quantitative estimate of drug-likeness (QED) is 0.774. The summed E-state index contributed by atoms with van der Waals surface area (Å²) in [6, 6.07) is 4.07. The number of ether oxygens (including phenoxy) is 2. The van der Waals surface area contributed by atoms with E-state index in [9.17, 15) is 0 Å². The van der Waals surface area contributed by atoms with Crippen molar-refractivity contribution in [1.82, 2.24) is 0 Å². The first kappa shape index (κ1) is 11.3. The number of rotatable bonds is 3. The largest absolute Gasteiger partial charge is 0.493 e. The van der Waals surface area contributed by atoms with E-state index in [1.54, 1.807) is 7.11 Å². The van der Waals surface area contributed by atoms with Gasteiger partial charge in [0.05, 0.1) is 13.2 Å². The summed E-state index contributed by atoms with van der Waals surface area (Å²) in [6.45, 7) is 4.21. The third kappa shape index (κ3) is 2.16. The Balaban J connectivity index is 2.25. The van der Waals surface area contributed by atoms with Crippen molar-refractivity contribution in [3.8, 4) is 11.5 Å². The molecule has 1 aliphatic carbocycles. The van der Waals surface area contributed by atoms with Crippen LogP contribution in [0.2, 0.25) is 0 Å². The molecule has 2 rings (SSSR count). The number of benzene rings is 1. The molecule has 0 amide bonds. The minimum atomic E-state index is 0.384. The maximum atomic E-state index is 6.08. The van der Waals surface area contributed by atoms with E-state index in [1.165, 1.54) is 36.8 Å². The molecule has 0 unspecified atom stereocenters. The molecule has 0 spiro atoms. The fourth-order valence-corrected chi connectivity index (χ4v) is 2.25. The van der Waals surface area contributed by atoms with E-state index in [0.29, 0.717) is 6.10 Å². The summed E-state index contributed by atoms with van der Waals surface area (Å²) in [5.74, 6) is 1.80. The Morgan fingerprint density at radius 1 is 1.12 bits per heavy atom. The van der Waals surface area contributed by atoms with E-state index in [0.717, 1.165) is 11.5 Å². The number of aryl methyl sites for hydroxylation is 1. The summed E-state index contributed by atoms with van der Waals surface area (Å²) in [4.78, 5) is 0. The van der Waals surface area contributed by atoms with Gasteiger partial charge in [0.1, 0.15) is 0 Å². The third-order valence-corrected chi connectivity index (χ3v) is 3.45. The highest BCUT2D eigenvalue weighted by molar-refractivity contribution is 5.49. The van der Waals surface area contributed by atoms with Crippen LogP contribution in [0.5, 0.6) is 11.5 Å². The summed E-state index contributed by atoms with van der Waals surface area (Å²) < 4.78 is 11.5. The van der Waals surface area contributed by atoms with Crippen molar-refractivity contribution in [3.63, 3.8) is 0 Å². The van der Waals surface area contributed by atoms with Crippen LogP contribution in [0.3, 0.4) is 0 Å². The normalized spacial score (nSPS) is 16.4. The number of hydrogen-bond donors (Lipinski definition) is 0. The minimum absolute atomic E-state index is 0.384. The minimum Gasteiger partial charge on any atom is -0.493 e. The molecule has 0 radical (unpaired) electrons. The molecule has 0 heterocycles. The number of methoxy groups -OCH3 is 1. The second-order valence-corrected chi connectivity index (χ2v) is 4.56. The lowest BCUT2D eigenvalue weighted by atomic mass is 10.1. The van der Waals surface area contributed by atoms with Crippen LogP contribution in [0, 0.1) is 13.8 Å². The van der Waals surface area contributed by atoms with Crippen LogP contribution in [0.4, 0.5) is 0 Å². The topological polar surface area (TPSA) is 18.5 Å². The summed E-state index contributed by atoms with van der Waals surface area (Å²) >= 11 is 0. The maximum Gasteiger partial charge on any atom is 0.164 e. The molecule has 0 aliphatic heterocycles. The van der Waals surface area contributed by atoms with E-state index >= 15 is 0 Å². The first-order chi connectivity index (χ1) is 7.72. The molecule has 0 aromatic heterocycles. The zero-order chi connectivity index (χ0) is 11.5. The van der Waals surface area contributed by atoms with Crippen LogP contribution in [0.25, 0.3) is 0 Å². The SMILES string of the molecule is COc1ccc(C)c(C)c1OC1CCCC1. The number of hydrogen-bond acceptors (Lipinski definition) is 2. The molecule has 88 valence electrons. The van der Waals surface area contributed by atoms with Crippen molar-refractivity contribution < 1.29 is 9.47 Å². The Morgan fingerprint density at radius 3 is 2.44 bits per heavy atom. The lowest BCUT2D eigenvalue weighted by Crippen LogP contribution is -2.12. The fourth-order valence-electron chi connectivity index (χ4n) is 2.25. The lowest BCUT2D eigenvalue weighted by Gasteiger charge is -2.19. The van der Waals surface area contributed by atoms with E-state index in [2.05, 4.69) is 19.9 Å². The molecular weight excluding hydrogens is 200 g/mol. The molecule has 1 fully saturated rings. The van der Waals surface area contributed by atoms with Gasteiger partial charge >= 0.3 is 0 Å². The predicted octanol–water partition coefficient (Wildman–Crippen LogP) is 3.63. The monoisotopic (exact) mass is 220 g/mol. The van der Waals surface area contributed by atoms with Gasteiger partial charge in [0, 0.05) is 0 Å². The van der Waals surface area contributed by atoms with Gasteiger partial charge in [0.25, 0.3) is 0 Å². The first-order valence-electron chi connectivity index (χ1n) is 6.03. The predicted molar refractivity (Wildman–Crippen MR) is 65.4 cm³/mol. The van der Waals surface area contributed by atoms with E-state index < -0.39 is 0 Å². The van der Waals surface area contributed by atoms with Gasteiger partial charge in [-0.05, 0) is 56.7 Å². The van der Waals surface area contributed by atoms with Crippen LogP contribution < -0.4 is 9.47 Å². The highest BCUT2D eigenvalue weighted by Crippen LogP contribution is 2.35. The molecule has 2 heteroatoms. The van der Waals surface area contributed by atoms with Crippen LogP contribution in [0.15, 0.2) is 12.1 Å². The second-order valence-electron chi connectivity index (χ2n) is 4.56. The van der Waals surface area contributed by atoms with Crippen molar-refractivity contribution in [1.29, 1.82) is 0 Å². The molecule has 16 heavy (non-hydrogen) atoms. The fraction of sp³-hybridized carbons (Fsp3) is 0.571. The average molecular weight is 220 g/mol. The first-order valence-corrected chi connectivity index (χ1v) is 6.03. The molecule has 0 atom stereocenters. The Bertz CT molecular complexity index is 365. The van der Waals surface area contributed by atoms with Gasteiger partial charge in [0.2, 0.25) is 0 Å². The van der Waals surface area contributed by atoms with Crippen LogP contribution in [0.1, 0.15) is 36.8 Å². The van der Waals surface area contributed by atoms with Crippen LogP contribution in [-0.2, 0) is 0 Å². The zero-order valence-corrected chi connectivity index (χ0v) is 10.4. The van der Waals surface area contributed by atoms with Crippen LogP contribution >= 0.6 is 0 Å². The Hall–Kier alpha value is -1.18. The molecule has 1 saturated carbocycles. The average Bonchev–Trinajstić information content (AvgIpc) is 2.78. The smallest absolute Gasteiger partial charge is 0.164 e. The van der Waals surface area contributed by atoms with Crippen LogP contribution in [-0.4, -0.2) is 13.2 Å². The maximum absolute atomic E-state index is 6.08. The second kappa shape index (κ2) is 4.77. The summed E-state index contributed by atoms with van der Waals surface area (Å²) in [5, 5.41) is 0. The standard InChI is InChI=1S/C14H20O2/c1-10-8-9-13(15-3)14(11(10)2)16-12-6-4-5-7-12/h8-9,12H,4-7H2,1-3H3. The van der Waals surface area contributed by atoms with Gasteiger partial charge in [-0.3, -0.25) is 0 Å². The van der Waals surface area contributed by atoms with Gasteiger partial charge in [0.15, 0.2) is 11.5 Å². The molecular formula is C14H20O2. The molecule has 2 nitrogen and oxygen atoms in total. The molecule has 1 aromatic rings. The van der Waals surface area contributed by atoms with Gasteiger partial charge in [-0.25, -0.2) is 0 Å². The Labute approximate surface area is 97.6 Å². The van der Waals surface area contributed by atoms with E-state index in [1.807, 2.05) is 6.07 Å². The van der Waals surface area contributed by atoms with Crippen molar-refractivity contribution in [2.75, 3.05) is 7.11 Å². The summed E-state index contributed by atoms with van der Waals surface area (Å²) in [7, 11) is 1.70.